The van der Waals surface area contributed by atoms with E-state index in [1.165, 1.54) is 0 Å². The number of imide groups is 1. The molecule has 1 unspecified atom stereocenters. The Bertz CT molecular complexity index is 1090. The third-order valence-electron chi connectivity index (χ3n) is 5.12. The third kappa shape index (κ3) is 3.67. The predicted octanol–water partition coefficient (Wildman–Crippen LogP) is 1.18. The van der Waals surface area contributed by atoms with Crippen LogP contribution in [0.25, 0.3) is 0 Å². The van der Waals surface area contributed by atoms with Gasteiger partial charge in [-0.1, -0.05) is 12.1 Å². The highest BCUT2D eigenvalue weighted by atomic mass is 32.2. The van der Waals surface area contributed by atoms with E-state index in [1.807, 2.05) is 0 Å². The van der Waals surface area contributed by atoms with Crippen LogP contribution in [0.5, 0.6) is 0 Å². The number of carbonyl (C=O) groups is 3. The average molecular weight is 416 g/mol. The van der Waals surface area contributed by atoms with E-state index in [2.05, 4.69) is 10.4 Å². The van der Waals surface area contributed by atoms with Crippen molar-refractivity contribution in [2.45, 2.75) is 25.8 Å². The molecule has 9 nitrogen and oxygen atoms in total. The van der Waals surface area contributed by atoms with Gasteiger partial charge in [0.25, 0.3) is 11.8 Å². The van der Waals surface area contributed by atoms with Crippen molar-refractivity contribution >= 4 is 33.4 Å². The molecule has 0 radical (unpaired) electrons. The van der Waals surface area contributed by atoms with Crippen LogP contribution in [-0.4, -0.2) is 58.9 Å². The fraction of sp³-hybridized carbons (Fsp3) is 0.368. The van der Waals surface area contributed by atoms with Crippen molar-refractivity contribution < 1.29 is 22.8 Å². The maximum absolute atomic E-state index is 12.4. The normalized spacial score (nSPS) is 20.2. The van der Waals surface area contributed by atoms with Crippen LogP contribution in [0, 0.1) is 6.92 Å². The van der Waals surface area contributed by atoms with Crippen LogP contribution in [0.3, 0.4) is 0 Å². The van der Waals surface area contributed by atoms with Crippen LogP contribution in [0.1, 0.15) is 45.3 Å². The monoisotopic (exact) mass is 416 g/mol. The molecule has 10 heteroatoms. The van der Waals surface area contributed by atoms with E-state index in [-0.39, 0.29) is 36.4 Å². The SMILES string of the molecule is Cc1cc(NC(=O)CCN2C(=O)c3ccccc3C2=O)n(C2CCS(=O)(=O)C2)n1. The van der Waals surface area contributed by atoms with E-state index >= 15 is 0 Å². The van der Waals surface area contributed by atoms with E-state index in [9.17, 15) is 22.8 Å². The number of carbonyl (C=O) groups excluding carboxylic acids is 3. The molecule has 1 saturated heterocycles. The van der Waals surface area contributed by atoms with Gasteiger partial charge in [-0.25, -0.2) is 13.1 Å². The second kappa shape index (κ2) is 7.11. The summed E-state index contributed by atoms with van der Waals surface area (Å²) in [4.78, 5) is 38.3. The number of aryl methyl sites for hydroxylation is 1. The van der Waals surface area contributed by atoms with Gasteiger partial charge in [-0.3, -0.25) is 19.3 Å². The highest BCUT2D eigenvalue weighted by Gasteiger charge is 2.35. The standard InChI is InChI=1S/C19H20N4O5S/c1-12-10-16(23(21-12)13-7-9-29(27,28)11-13)20-17(24)6-8-22-18(25)14-4-2-3-5-15(14)19(22)26/h2-5,10,13H,6-9,11H2,1H3,(H,20,24). The molecule has 0 aliphatic carbocycles. The van der Waals surface area contributed by atoms with Crippen LogP contribution in [-0.2, 0) is 14.6 Å². The second-order valence-corrected chi connectivity index (χ2v) is 9.51. The van der Waals surface area contributed by atoms with Gasteiger partial charge < -0.3 is 5.32 Å². The van der Waals surface area contributed by atoms with Gasteiger partial charge in [0.2, 0.25) is 5.91 Å². The van der Waals surface area contributed by atoms with Crippen LogP contribution in [0.15, 0.2) is 30.3 Å². The van der Waals surface area contributed by atoms with Crippen molar-refractivity contribution in [1.82, 2.24) is 14.7 Å². The fourth-order valence-corrected chi connectivity index (χ4v) is 5.41. The van der Waals surface area contributed by atoms with E-state index in [0.29, 0.717) is 29.1 Å². The van der Waals surface area contributed by atoms with Crippen molar-refractivity contribution in [2.24, 2.45) is 0 Å². The number of nitrogens with zero attached hydrogens (tertiary/aromatic N) is 3. The summed E-state index contributed by atoms with van der Waals surface area (Å²) >= 11 is 0. The molecule has 0 spiro atoms. The molecular weight excluding hydrogens is 396 g/mol. The number of hydrogen-bond donors (Lipinski definition) is 1. The molecule has 4 rings (SSSR count). The number of fused-ring (bicyclic) bond motifs is 1. The number of anilines is 1. The van der Waals surface area contributed by atoms with Gasteiger partial charge in [0.15, 0.2) is 9.84 Å². The molecule has 2 aromatic rings. The van der Waals surface area contributed by atoms with E-state index in [1.54, 1.807) is 41.9 Å². The zero-order chi connectivity index (χ0) is 20.8. The minimum Gasteiger partial charge on any atom is -0.311 e. The summed E-state index contributed by atoms with van der Waals surface area (Å²) in [5, 5.41) is 7.05. The number of nitrogens with one attached hydrogen (secondary N) is 1. The minimum atomic E-state index is -3.09. The quantitative estimate of drug-likeness (QED) is 0.731. The van der Waals surface area contributed by atoms with Crippen molar-refractivity contribution in [1.29, 1.82) is 0 Å². The number of sulfone groups is 1. The summed E-state index contributed by atoms with van der Waals surface area (Å²) in [6.07, 6.45) is 0.375. The summed E-state index contributed by atoms with van der Waals surface area (Å²) in [6.45, 7) is 1.72. The molecule has 0 saturated carbocycles. The average Bonchev–Trinajstić information content (AvgIpc) is 3.29. The molecule has 2 aliphatic heterocycles. The molecule has 1 N–H and O–H groups in total. The second-order valence-electron chi connectivity index (χ2n) is 7.28. The van der Waals surface area contributed by atoms with Gasteiger partial charge in [0, 0.05) is 19.0 Å². The summed E-state index contributed by atoms with van der Waals surface area (Å²) in [6, 6.07) is 7.91. The smallest absolute Gasteiger partial charge is 0.261 e. The lowest BCUT2D eigenvalue weighted by Gasteiger charge is -2.15. The molecule has 2 aliphatic rings. The summed E-state index contributed by atoms with van der Waals surface area (Å²) in [7, 11) is -3.09. The van der Waals surface area contributed by atoms with Crippen LogP contribution >= 0.6 is 0 Å². The Morgan fingerprint density at radius 3 is 2.45 bits per heavy atom. The molecule has 1 fully saturated rings. The zero-order valence-electron chi connectivity index (χ0n) is 15.8. The third-order valence-corrected chi connectivity index (χ3v) is 6.87. The molecule has 1 aromatic carbocycles. The van der Waals surface area contributed by atoms with Gasteiger partial charge in [0.05, 0.1) is 34.4 Å². The predicted molar refractivity (Wildman–Crippen MR) is 104 cm³/mol. The van der Waals surface area contributed by atoms with Crippen LogP contribution in [0.2, 0.25) is 0 Å². The maximum atomic E-state index is 12.4. The summed E-state index contributed by atoms with van der Waals surface area (Å²) in [5.41, 5.74) is 1.34. The Balaban J connectivity index is 1.42. The van der Waals surface area contributed by atoms with Crippen molar-refractivity contribution in [3.05, 3.63) is 47.2 Å². The lowest BCUT2D eigenvalue weighted by Crippen LogP contribution is -2.33. The number of amides is 3. The molecular formula is C19H20N4O5S. The highest BCUT2D eigenvalue weighted by Crippen LogP contribution is 2.27. The minimum absolute atomic E-state index is 0.00791. The fourth-order valence-electron chi connectivity index (χ4n) is 3.72. The maximum Gasteiger partial charge on any atom is 0.261 e. The Labute approximate surface area is 167 Å². The lowest BCUT2D eigenvalue weighted by molar-refractivity contribution is -0.116. The molecule has 152 valence electrons. The van der Waals surface area contributed by atoms with Gasteiger partial charge in [-0.15, -0.1) is 0 Å². The number of aromatic nitrogens is 2. The van der Waals surface area contributed by atoms with Crippen LogP contribution in [0.4, 0.5) is 5.82 Å². The number of hydrogen-bond acceptors (Lipinski definition) is 6. The molecule has 1 atom stereocenters. The zero-order valence-corrected chi connectivity index (χ0v) is 16.6. The number of rotatable bonds is 5. The summed E-state index contributed by atoms with van der Waals surface area (Å²) < 4.78 is 25.1. The van der Waals surface area contributed by atoms with Crippen molar-refractivity contribution in [3.8, 4) is 0 Å². The molecule has 0 bridgehead atoms. The first-order chi connectivity index (χ1) is 13.7. The Kier molecular flexibility index (Phi) is 4.73. The van der Waals surface area contributed by atoms with Gasteiger partial charge >= 0.3 is 0 Å². The molecule has 29 heavy (non-hydrogen) atoms. The van der Waals surface area contributed by atoms with Crippen LogP contribution < -0.4 is 5.32 Å². The first kappa shape index (κ1) is 19.3. The Morgan fingerprint density at radius 2 is 1.86 bits per heavy atom. The van der Waals surface area contributed by atoms with Crippen molar-refractivity contribution in [2.75, 3.05) is 23.4 Å². The summed E-state index contributed by atoms with van der Waals surface area (Å²) in [5.74, 6) is -0.693. The molecule has 3 amide bonds. The van der Waals surface area contributed by atoms with E-state index in [0.717, 1.165) is 4.90 Å². The van der Waals surface area contributed by atoms with E-state index in [4.69, 9.17) is 0 Å². The Morgan fingerprint density at radius 1 is 1.21 bits per heavy atom. The van der Waals surface area contributed by atoms with Gasteiger partial charge in [0.1, 0.15) is 5.82 Å². The first-order valence-electron chi connectivity index (χ1n) is 9.27. The van der Waals surface area contributed by atoms with Gasteiger partial charge in [-0.05, 0) is 25.5 Å². The largest absolute Gasteiger partial charge is 0.311 e. The van der Waals surface area contributed by atoms with E-state index < -0.39 is 21.7 Å². The Hall–Kier alpha value is -3.01. The van der Waals surface area contributed by atoms with Crippen molar-refractivity contribution in [3.63, 3.8) is 0 Å². The number of benzene rings is 1. The molecule has 3 heterocycles. The molecule has 1 aromatic heterocycles. The highest BCUT2D eigenvalue weighted by molar-refractivity contribution is 7.91. The topological polar surface area (TPSA) is 118 Å². The first-order valence-corrected chi connectivity index (χ1v) is 11.1. The lowest BCUT2D eigenvalue weighted by atomic mass is 10.1. The van der Waals surface area contributed by atoms with Gasteiger partial charge in [-0.2, -0.15) is 5.10 Å².